The van der Waals surface area contributed by atoms with E-state index in [2.05, 4.69) is 22.0 Å². The molecule has 11 heavy (non-hydrogen) atoms. The van der Waals surface area contributed by atoms with Gasteiger partial charge >= 0.3 is 0 Å². The Labute approximate surface area is 70.2 Å². The minimum Gasteiger partial charge on any atom is -0.344 e. The fourth-order valence-electron chi connectivity index (χ4n) is 1.19. The summed E-state index contributed by atoms with van der Waals surface area (Å²) in [5.41, 5.74) is 0. The largest absolute Gasteiger partial charge is 0.344 e. The quantitative estimate of drug-likeness (QED) is 0.592. The van der Waals surface area contributed by atoms with Crippen LogP contribution in [0.15, 0.2) is 23.7 Å². The average molecular weight is 166 g/mol. The molecule has 0 amide bonds. The van der Waals surface area contributed by atoms with Crippen molar-refractivity contribution < 1.29 is 0 Å². The summed E-state index contributed by atoms with van der Waals surface area (Å²) in [4.78, 5) is 6.55. The fourth-order valence-corrected chi connectivity index (χ4v) is 1.87. The van der Waals surface area contributed by atoms with Crippen LogP contribution in [0.5, 0.6) is 0 Å². The molecular weight excluding hydrogens is 156 g/mol. The van der Waals surface area contributed by atoms with Crippen LogP contribution in [0.2, 0.25) is 0 Å². The summed E-state index contributed by atoms with van der Waals surface area (Å²) in [5.74, 6) is 0. The Morgan fingerprint density at radius 1 is 1.45 bits per heavy atom. The fraction of sp³-hybridized carbons (Fsp3) is 0.375. The standard InChI is InChI=1S/C8H10N2S/c1-2-5-10(6-3-1)8-9-4-7-11-8/h1-2,4,7H,3,5-6H2. The molecule has 58 valence electrons. The Bertz CT molecular complexity index is 241. The smallest absolute Gasteiger partial charge is 0.185 e. The molecule has 2 heterocycles. The predicted molar refractivity (Wildman–Crippen MR) is 48.1 cm³/mol. The van der Waals surface area contributed by atoms with Crippen LogP contribution in [-0.4, -0.2) is 18.1 Å². The summed E-state index contributed by atoms with van der Waals surface area (Å²) >= 11 is 1.71. The van der Waals surface area contributed by atoms with Gasteiger partial charge in [0.2, 0.25) is 0 Å². The van der Waals surface area contributed by atoms with E-state index >= 15 is 0 Å². The van der Waals surface area contributed by atoms with E-state index in [0.717, 1.165) is 24.6 Å². The van der Waals surface area contributed by atoms with Gasteiger partial charge in [0, 0.05) is 24.7 Å². The summed E-state index contributed by atoms with van der Waals surface area (Å²) in [6, 6.07) is 0. The lowest BCUT2D eigenvalue weighted by Gasteiger charge is -2.21. The molecule has 0 radical (unpaired) electrons. The molecule has 0 unspecified atom stereocenters. The maximum absolute atomic E-state index is 4.25. The molecule has 0 atom stereocenters. The molecule has 1 aromatic heterocycles. The topological polar surface area (TPSA) is 16.1 Å². The van der Waals surface area contributed by atoms with Crippen molar-refractivity contribution in [3.63, 3.8) is 0 Å². The SMILES string of the molecule is C1=CCN(c2nccs2)CC1. The number of rotatable bonds is 1. The van der Waals surface area contributed by atoms with Crippen molar-refractivity contribution >= 4 is 16.5 Å². The molecule has 0 aliphatic carbocycles. The molecule has 2 nitrogen and oxygen atoms in total. The molecule has 0 aromatic carbocycles. The minimum absolute atomic E-state index is 1.02. The van der Waals surface area contributed by atoms with Crippen LogP contribution in [0.3, 0.4) is 0 Å². The van der Waals surface area contributed by atoms with E-state index in [1.54, 1.807) is 11.3 Å². The Hall–Kier alpha value is -0.830. The van der Waals surface area contributed by atoms with Crippen LogP contribution < -0.4 is 4.90 Å². The summed E-state index contributed by atoms with van der Waals surface area (Å²) in [7, 11) is 0. The third-order valence-electron chi connectivity index (χ3n) is 1.75. The third-order valence-corrected chi connectivity index (χ3v) is 2.58. The summed E-state index contributed by atoms with van der Waals surface area (Å²) < 4.78 is 0. The Kier molecular flexibility index (Phi) is 1.90. The van der Waals surface area contributed by atoms with Crippen LogP contribution >= 0.6 is 11.3 Å². The van der Waals surface area contributed by atoms with Crippen molar-refractivity contribution in [3.8, 4) is 0 Å². The zero-order chi connectivity index (χ0) is 7.52. The van der Waals surface area contributed by atoms with Gasteiger partial charge in [-0.15, -0.1) is 11.3 Å². The number of anilines is 1. The van der Waals surface area contributed by atoms with Crippen molar-refractivity contribution in [2.45, 2.75) is 6.42 Å². The average Bonchev–Trinajstić information content (AvgIpc) is 2.58. The summed E-state index contributed by atoms with van der Waals surface area (Å²) in [5, 5.41) is 3.17. The second-order valence-corrected chi connectivity index (χ2v) is 3.39. The molecule has 0 spiro atoms. The van der Waals surface area contributed by atoms with E-state index < -0.39 is 0 Å². The lowest BCUT2D eigenvalue weighted by Crippen LogP contribution is -2.26. The van der Waals surface area contributed by atoms with E-state index in [0.29, 0.717) is 0 Å². The molecule has 1 aliphatic rings. The molecule has 1 aliphatic heterocycles. The molecule has 3 heteroatoms. The third kappa shape index (κ3) is 1.43. The minimum atomic E-state index is 1.02. The highest BCUT2D eigenvalue weighted by atomic mass is 32.1. The molecule has 2 rings (SSSR count). The van der Waals surface area contributed by atoms with Crippen LogP contribution in [0, 0.1) is 0 Å². The van der Waals surface area contributed by atoms with E-state index in [9.17, 15) is 0 Å². The highest BCUT2D eigenvalue weighted by Crippen LogP contribution is 2.18. The highest BCUT2D eigenvalue weighted by molar-refractivity contribution is 7.13. The first-order valence-corrected chi connectivity index (χ1v) is 4.64. The first kappa shape index (κ1) is 6.85. The van der Waals surface area contributed by atoms with Crippen molar-refractivity contribution in [1.29, 1.82) is 0 Å². The summed E-state index contributed by atoms with van der Waals surface area (Å²) in [6.07, 6.45) is 7.44. The second-order valence-electron chi connectivity index (χ2n) is 2.52. The Morgan fingerprint density at radius 3 is 3.09 bits per heavy atom. The number of thiazole rings is 1. The van der Waals surface area contributed by atoms with E-state index in [-0.39, 0.29) is 0 Å². The molecule has 0 bridgehead atoms. The summed E-state index contributed by atoms with van der Waals surface area (Å²) in [6.45, 7) is 2.14. The van der Waals surface area contributed by atoms with Gasteiger partial charge in [0.15, 0.2) is 5.13 Å². The molecule has 0 N–H and O–H groups in total. The van der Waals surface area contributed by atoms with Crippen LogP contribution in [0.1, 0.15) is 6.42 Å². The van der Waals surface area contributed by atoms with Gasteiger partial charge in [0.25, 0.3) is 0 Å². The number of aromatic nitrogens is 1. The number of hydrogen-bond donors (Lipinski definition) is 0. The van der Waals surface area contributed by atoms with Gasteiger partial charge in [-0.3, -0.25) is 0 Å². The molecule has 1 aromatic rings. The van der Waals surface area contributed by atoms with Gasteiger partial charge < -0.3 is 4.90 Å². The van der Waals surface area contributed by atoms with Crippen molar-refractivity contribution in [2.24, 2.45) is 0 Å². The number of hydrogen-bond acceptors (Lipinski definition) is 3. The van der Waals surface area contributed by atoms with E-state index in [4.69, 9.17) is 0 Å². The van der Waals surface area contributed by atoms with Crippen molar-refractivity contribution in [2.75, 3.05) is 18.0 Å². The Balaban J connectivity index is 2.11. The Morgan fingerprint density at radius 2 is 2.45 bits per heavy atom. The van der Waals surface area contributed by atoms with Crippen LogP contribution in [0.4, 0.5) is 5.13 Å². The van der Waals surface area contributed by atoms with Gasteiger partial charge in [-0.25, -0.2) is 4.98 Å². The molecule has 0 saturated carbocycles. The van der Waals surface area contributed by atoms with Gasteiger partial charge in [0.1, 0.15) is 0 Å². The lowest BCUT2D eigenvalue weighted by molar-refractivity contribution is 0.816. The van der Waals surface area contributed by atoms with Crippen molar-refractivity contribution in [3.05, 3.63) is 23.7 Å². The van der Waals surface area contributed by atoms with E-state index in [1.807, 2.05) is 11.6 Å². The van der Waals surface area contributed by atoms with Crippen LogP contribution in [-0.2, 0) is 0 Å². The van der Waals surface area contributed by atoms with Gasteiger partial charge in [-0.2, -0.15) is 0 Å². The normalized spacial score (nSPS) is 17.3. The highest BCUT2D eigenvalue weighted by Gasteiger charge is 2.07. The van der Waals surface area contributed by atoms with Crippen molar-refractivity contribution in [1.82, 2.24) is 4.98 Å². The molecule has 0 fully saturated rings. The zero-order valence-corrected chi connectivity index (χ0v) is 7.05. The predicted octanol–water partition coefficient (Wildman–Crippen LogP) is 1.91. The second kappa shape index (κ2) is 3.05. The van der Waals surface area contributed by atoms with Gasteiger partial charge in [-0.05, 0) is 6.42 Å². The first-order valence-electron chi connectivity index (χ1n) is 3.76. The van der Waals surface area contributed by atoms with Gasteiger partial charge in [-0.1, -0.05) is 12.2 Å². The molecular formula is C8H10N2S. The lowest BCUT2D eigenvalue weighted by atomic mass is 10.3. The maximum atomic E-state index is 4.25. The maximum Gasteiger partial charge on any atom is 0.185 e. The molecule has 0 saturated heterocycles. The number of nitrogens with zero attached hydrogens (tertiary/aromatic N) is 2. The van der Waals surface area contributed by atoms with Gasteiger partial charge in [0.05, 0.1) is 0 Å². The zero-order valence-electron chi connectivity index (χ0n) is 6.23. The first-order chi connectivity index (χ1) is 5.47. The monoisotopic (exact) mass is 166 g/mol. The van der Waals surface area contributed by atoms with E-state index in [1.165, 1.54) is 0 Å². The van der Waals surface area contributed by atoms with Crippen LogP contribution in [0.25, 0.3) is 0 Å².